The van der Waals surface area contributed by atoms with Gasteiger partial charge >= 0.3 is 0 Å². The number of nitrogens with two attached hydrogens (primary N) is 1. The largest absolute Gasteiger partial charge is 0.390 e. The molecule has 1 aromatic carbocycles. The summed E-state index contributed by atoms with van der Waals surface area (Å²) in [5, 5.41) is 14.9. The van der Waals surface area contributed by atoms with E-state index in [1.807, 2.05) is 6.07 Å². The molecule has 1 saturated heterocycles. The molecule has 3 rings (SSSR count). The van der Waals surface area contributed by atoms with Crippen LogP contribution in [0.15, 0.2) is 18.2 Å². The molecule has 2 aliphatic heterocycles. The number of nitrogens with zero attached hydrogens (tertiary/aromatic N) is 1. The summed E-state index contributed by atoms with van der Waals surface area (Å²) in [6.45, 7) is 1.39. The van der Waals surface area contributed by atoms with Crippen LogP contribution in [0, 0.1) is 0 Å². The number of hydrogen-bond donors (Lipinski definition) is 4. The number of carbonyl (C=O) groups excluding carboxylic acids is 3. The molecule has 2 unspecified atom stereocenters. The van der Waals surface area contributed by atoms with Gasteiger partial charge in [0.25, 0.3) is 5.91 Å². The Balaban J connectivity index is 1.73. The Morgan fingerprint density at radius 1 is 1.36 bits per heavy atom. The third-order valence-corrected chi connectivity index (χ3v) is 4.65. The van der Waals surface area contributed by atoms with Crippen molar-refractivity contribution in [2.75, 3.05) is 13.1 Å². The summed E-state index contributed by atoms with van der Waals surface area (Å²) >= 11 is 0. The number of carbonyl (C=O) groups is 3. The fourth-order valence-corrected chi connectivity index (χ4v) is 3.27. The molecule has 0 aliphatic carbocycles. The standard InChI is InChI=1S/C17H22N4O4/c18-6-11(22)8-19-7-10-2-1-3-12-13(10)9-21(17(12)25)14-4-5-15(23)20-16(14)24/h1-3,11,14,19,22H,4-9,18H2,(H,20,23,24). The van der Waals surface area contributed by atoms with E-state index in [1.165, 1.54) is 4.90 Å². The Morgan fingerprint density at radius 2 is 2.16 bits per heavy atom. The van der Waals surface area contributed by atoms with E-state index in [-0.39, 0.29) is 24.8 Å². The van der Waals surface area contributed by atoms with Crippen molar-refractivity contribution in [1.82, 2.24) is 15.5 Å². The average molecular weight is 346 g/mol. The van der Waals surface area contributed by atoms with Crippen LogP contribution >= 0.6 is 0 Å². The summed E-state index contributed by atoms with van der Waals surface area (Å²) in [7, 11) is 0. The second-order valence-electron chi connectivity index (χ2n) is 6.36. The van der Waals surface area contributed by atoms with Gasteiger partial charge < -0.3 is 21.1 Å². The van der Waals surface area contributed by atoms with E-state index in [2.05, 4.69) is 10.6 Å². The third-order valence-electron chi connectivity index (χ3n) is 4.65. The monoisotopic (exact) mass is 346 g/mol. The zero-order valence-corrected chi connectivity index (χ0v) is 13.8. The summed E-state index contributed by atoms with van der Waals surface area (Å²) in [6.07, 6.45) is -0.0267. The van der Waals surface area contributed by atoms with Gasteiger partial charge in [-0.15, -0.1) is 0 Å². The average Bonchev–Trinajstić information content (AvgIpc) is 2.92. The van der Waals surface area contributed by atoms with E-state index in [1.54, 1.807) is 12.1 Å². The summed E-state index contributed by atoms with van der Waals surface area (Å²) in [5.41, 5.74) is 7.80. The lowest BCUT2D eigenvalue weighted by Gasteiger charge is -2.29. The summed E-state index contributed by atoms with van der Waals surface area (Å²) in [6, 6.07) is 4.86. The van der Waals surface area contributed by atoms with Crippen LogP contribution in [-0.2, 0) is 22.7 Å². The van der Waals surface area contributed by atoms with Gasteiger partial charge in [-0.25, -0.2) is 0 Å². The number of hydrogen-bond acceptors (Lipinski definition) is 6. The highest BCUT2D eigenvalue weighted by Gasteiger charge is 2.39. The number of fused-ring (bicyclic) bond motifs is 1. The first-order valence-electron chi connectivity index (χ1n) is 8.35. The number of piperidine rings is 1. The molecule has 8 heteroatoms. The first-order valence-corrected chi connectivity index (χ1v) is 8.35. The predicted molar refractivity (Wildman–Crippen MR) is 89.3 cm³/mol. The molecule has 3 amide bonds. The van der Waals surface area contributed by atoms with Crippen LogP contribution in [0.4, 0.5) is 0 Å². The molecule has 0 spiro atoms. The van der Waals surface area contributed by atoms with Gasteiger partial charge in [-0.3, -0.25) is 19.7 Å². The lowest BCUT2D eigenvalue weighted by atomic mass is 10.0. The van der Waals surface area contributed by atoms with Gasteiger partial charge in [0.2, 0.25) is 11.8 Å². The highest BCUT2D eigenvalue weighted by atomic mass is 16.3. The maximum absolute atomic E-state index is 12.7. The van der Waals surface area contributed by atoms with Crippen LogP contribution in [0.5, 0.6) is 0 Å². The summed E-state index contributed by atoms with van der Waals surface area (Å²) < 4.78 is 0. The number of benzene rings is 1. The van der Waals surface area contributed by atoms with Crippen LogP contribution in [0.1, 0.15) is 34.3 Å². The molecule has 1 aromatic rings. The van der Waals surface area contributed by atoms with E-state index in [9.17, 15) is 19.5 Å². The van der Waals surface area contributed by atoms with Gasteiger partial charge in [0, 0.05) is 38.2 Å². The zero-order valence-electron chi connectivity index (χ0n) is 13.8. The Morgan fingerprint density at radius 3 is 2.88 bits per heavy atom. The Kier molecular flexibility index (Phi) is 5.12. The first-order chi connectivity index (χ1) is 12.0. The molecule has 0 aromatic heterocycles. The van der Waals surface area contributed by atoms with E-state index >= 15 is 0 Å². The number of imide groups is 1. The highest BCUT2D eigenvalue weighted by Crippen LogP contribution is 2.29. The minimum Gasteiger partial charge on any atom is -0.390 e. The fourth-order valence-electron chi connectivity index (χ4n) is 3.27. The Bertz CT molecular complexity index is 706. The van der Waals surface area contributed by atoms with E-state index < -0.39 is 18.1 Å². The molecule has 0 radical (unpaired) electrons. The van der Waals surface area contributed by atoms with E-state index in [4.69, 9.17) is 5.73 Å². The lowest BCUT2D eigenvalue weighted by Crippen LogP contribution is -2.52. The van der Waals surface area contributed by atoms with Crippen molar-refractivity contribution < 1.29 is 19.5 Å². The van der Waals surface area contributed by atoms with Gasteiger partial charge in [0.1, 0.15) is 6.04 Å². The molecule has 2 atom stereocenters. The van der Waals surface area contributed by atoms with Crippen LogP contribution in [0.2, 0.25) is 0 Å². The number of nitrogens with one attached hydrogen (secondary N) is 2. The lowest BCUT2D eigenvalue weighted by molar-refractivity contribution is -0.136. The summed E-state index contributed by atoms with van der Waals surface area (Å²) in [4.78, 5) is 37.6. The molecule has 2 aliphatic rings. The highest BCUT2D eigenvalue weighted by molar-refractivity contribution is 6.05. The molecular weight excluding hydrogens is 324 g/mol. The molecule has 0 bridgehead atoms. The van der Waals surface area contributed by atoms with Crippen molar-refractivity contribution in [1.29, 1.82) is 0 Å². The molecule has 25 heavy (non-hydrogen) atoms. The SMILES string of the molecule is NCC(O)CNCc1cccc2c1CN(C1CCC(=O)NC1=O)C2=O. The van der Waals surface area contributed by atoms with Crippen molar-refractivity contribution in [3.8, 4) is 0 Å². The Labute approximate surface area is 145 Å². The molecule has 134 valence electrons. The van der Waals surface area contributed by atoms with Crippen molar-refractivity contribution in [3.05, 3.63) is 34.9 Å². The van der Waals surface area contributed by atoms with Gasteiger partial charge in [0.05, 0.1) is 6.10 Å². The number of amides is 3. The van der Waals surface area contributed by atoms with Gasteiger partial charge in [0.15, 0.2) is 0 Å². The first kappa shape index (κ1) is 17.5. The number of rotatable bonds is 6. The van der Waals surface area contributed by atoms with Gasteiger partial charge in [-0.1, -0.05) is 12.1 Å². The Hall–Kier alpha value is -2.29. The summed E-state index contributed by atoms with van der Waals surface area (Å²) in [5.74, 6) is -0.898. The fraction of sp³-hybridized carbons (Fsp3) is 0.471. The minimum atomic E-state index is -0.613. The smallest absolute Gasteiger partial charge is 0.255 e. The molecular formula is C17H22N4O4. The predicted octanol–water partition coefficient (Wildman–Crippen LogP) is -1.14. The molecule has 8 nitrogen and oxygen atoms in total. The van der Waals surface area contributed by atoms with Crippen LogP contribution < -0.4 is 16.4 Å². The van der Waals surface area contributed by atoms with Crippen molar-refractivity contribution in [2.24, 2.45) is 5.73 Å². The zero-order chi connectivity index (χ0) is 18.0. The normalized spacial score (nSPS) is 21.3. The van der Waals surface area contributed by atoms with E-state index in [0.29, 0.717) is 31.6 Å². The van der Waals surface area contributed by atoms with Gasteiger partial charge in [-0.2, -0.15) is 0 Å². The minimum absolute atomic E-state index is 0.182. The van der Waals surface area contributed by atoms with Gasteiger partial charge in [-0.05, 0) is 23.6 Å². The second kappa shape index (κ2) is 7.30. The van der Waals surface area contributed by atoms with Crippen molar-refractivity contribution in [3.63, 3.8) is 0 Å². The van der Waals surface area contributed by atoms with Crippen LogP contribution in [0.3, 0.4) is 0 Å². The van der Waals surface area contributed by atoms with Crippen LogP contribution in [0.25, 0.3) is 0 Å². The van der Waals surface area contributed by atoms with Crippen LogP contribution in [-0.4, -0.2) is 53.0 Å². The molecule has 2 heterocycles. The second-order valence-corrected chi connectivity index (χ2v) is 6.36. The maximum Gasteiger partial charge on any atom is 0.255 e. The van der Waals surface area contributed by atoms with E-state index in [0.717, 1.165) is 11.1 Å². The molecule has 0 saturated carbocycles. The molecule has 1 fully saturated rings. The molecule has 5 N–H and O–H groups in total. The quantitative estimate of drug-likeness (QED) is 0.483. The maximum atomic E-state index is 12.7. The van der Waals surface area contributed by atoms with Crippen molar-refractivity contribution >= 4 is 17.7 Å². The number of aliphatic hydroxyl groups is 1. The number of aliphatic hydroxyl groups excluding tert-OH is 1. The van der Waals surface area contributed by atoms with Crippen molar-refractivity contribution in [2.45, 2.75) is 38.1 Å². The topological polar surface area (TPSA) is 125 Å². The third kappa shape index (κ3) is 3.55.